The van der Waals surface area contributed by atoms with E-state index in [2.05, 4.69) is 21.2 Å². The molecule has 0 bridgehead atoms. The molecular formula is C16H22BrFN2O3. The van der Waals surface area contributed by atoms with E-state index in [-0.39, 0.29) is 24.1 Å². The van der Waals surface area contributed by atoms with E-state index in [1.54, 1.807) is 40.8 Å². The van der Waals surface area contributed by atoms with Gasteiger partial charge in [0.2, 0.25) is 0 Å². The molecule has 0 saturated heterocycles. The van der Waals surface area contributed by atoms with Gasteiger partial charge in [0, 0.05) is 29.7 Å². The normalized spacial score (nSPS) is 12.5. The van der Waals surface area contributed by atoms with Crippen molar-refractivity contribution >= 4 is 27.9 Å². The van der Waals surface area contributed by atoms with Crippen LogP contribution < -0.4 is 5.32 Å². The van der Waals surface area contributed by atoms with Crippen LogP contribution in [0.25, 0.3) is 0 Å². The van der Waals surface area contributed by atoms with Gasteiger partial charge in [0.15, 0.2) is 0 Å². The highest BCUT2D eigenvalue weighted by atomic mass is 79.9. The highest BCUT2D eigenvalue weighted by molar-refractivity contribution is 9.10. The van der Waals surface area contributed by atoms with Crippen LogP contribution in [0.2, 0.25) is 0 Å². The van der Waals surface area contributed by atoms with E-state index in [1.807, 2.05) is 0 Å². The number of benzene rings is 1. The van der Waals surface area contributed by atoms with E-state index >= 15 is 0 Å². The number of alkyl carbamates (subject to hydrolysis) is 1. The molecule has 0 aromatic heterocycles. The van der Waals surface area contributed by atoms with Crippen LogP contribution in [0.4, 0.5) is 9.18 Å². The molecule has 0 fully saturated rings. The van der Waals surface area contributed by atoms with Crippen LogP contribution in [0.1, 0.15) is 38.1 Å². The lowest BCUT2D eigenvalue weighted by Gasteiger charge is -2.25. The number of nitrogens with zero attached hydrogens (tertiary/aromatic N) is 1. The Morgan fingerprint density at radius 3 is 2.48 bits per heavy atom. The first kappa shape index (κ1) is 19.4. The van der Waals surface area contributed by atoms with Crippen LogP contribution in [-0.2, 0) is 4.74 Å². The molecule has 5 nitrogen and oxygen atoms in total. The fourth-order valence-electron chi connectivity index (χ4n) is 1.95. The van der Waals surface area contributed by atoms with E-state index in [0.29, 0.717) is 4.47 Å². The monoisotopic (exact) mass is 388 g/mol. The van der Waals surface area contributed by atoms with Crippen LogP contribution in [0.15, 0.2) is 22.7 Å². The van der Waals surface area contributed by atoms with Crippen molar-refractivity contribution in [2.45, 2.75) is 39.3 Å². The molecule has 7 heteroatoms. The second kappa shape index (κ2) is 7.77. The van der Waals surface area contributed by atoms with Crippen molar-refractivity contribution in [1.82, 2.24) is 10.2 Å². The molecule has 0 aliphatic carbocycles. The molecule has 1 aromatic carbocycles. The highest BCUT2D eigenvalue weighted by Crippen LogP contribution is 2.16. The van der Waals surface area contributed by atoms with Crippen LogP contribution >= 0.6 is 15.9 Å². The van der Waals surface area contributed by atoms with Gasteiger partial charge < -0.3 is 15.0 Å². The van der Waals surface area contributed by atoms with Crippen molar-refractivity contribution in [2.75, 3.05) is 13.6 Å². The molecule has 1 aromatic rings. The molecule has 0 radical (unpaired) electrons. The SMILES string of the molecule is CC(CN(C)C(=O)c1cc(F)cc(Br)c1)NC(=O)OC(C)(C)C. The number of hydrogen-bond donors (Lipinski definition) is 1. The molecule has 1 unspecified atom stereocenters. The van der Waals surface area contributed by atoms with Crippen LogP contribution in [0, 0.1) is 5.82 Å². The zero-order chi connectivity index (χ0) is 17.8. The molecule has 1 atom stereocenters. The van der Waals surface area contributed by atoms with Crippen molar-refractivity contribution in [2.24, 2.45) is 0 Å². The van der Waals surface area contributed by atoms with Gasteiger partial charge in [-0.3, -0.25) is 4.79 Å². The maximum absolute atomic E-state index is 13.4. The molecule has 0 heterocycles. The fraction of sp³-hybridized carbons (Fsp3) is 0.500. The Morgan fingerprint density at radius 2 is 1.96 bits per heavy atom. The molecule has 2 amide bonds. The van der Waals surface area contributed by atoms with Crippen molar-refractivity contribution in [1.29, 1.82) is 0 Å². The maximum atomic E-state index is 13.4. The lowest BCUT2D eigenvalue weighted by Crippen LogP contribution is -2.44. The number of likely N-dealkylation sites (N-methyl/N-ethyl adjacent to an activating group) is 1. The minimum atomic E-state index is -0.584. The largest absolute Gasteiger partial charge is 0.444 e. The smallest absolute Gasteiger partial charge is 0.407 e. The van der Waals surface area contributed by atoms with Gasteiger partial charge in [0.25, 0.3) is 5.91 Å². The minimum Gasteiger partial charge on any atom is -0.444 e. The second-order valence-corrected chi connectivity index (χ2v) is 7.31. The number of nitrogens with one attached hydrogen (secondary N) is 1. The Kier molecular flexibility index (Phi) is 6.56. The Labute approximate surface area is 144 Å². The third kappa shape index (κ3) is 6.99. The first-order valence-electron chi connectivity index (χ1n) is 7.19. The van der Waals surface area contributed by atoms with E-state index in [9.17, 15) is 14.0 Å². The van der Waals surface area contributed by atoms with Crippen molar-refractivity contribution in [3.8, 4) is 0 Å². The molecule has 0 saturated carbocycles. The van der Waals surface area contributed by atoms with Gasteiger partial charge >= 0.3 is 6.09 Å². The van der Waals surface area contributed by atoms with Crippen LogP contribution in [-0.4, -0.2) is 42.1 Å². The van der Waals surface area contributed by atoms with Crippen LogP contribution in [0.5, 0.6) is 0 Å². The molecule has 0 aliphatic heterocycles. The third-order valence-corrected chi connectivity index (χ3v) is 3.22. The number of carbonyl (C=O) groups excluding carboxylic acids is 2. The Morgan fingerprint density at radius 1 is 1.35 bits per heavy atom. The Hall–Kier alpha value is -1.63. The summed E-state index contributed by atoms with van der Waals surface area (Å²) >= 11 is 3.16. The van der Waals surface area contributed by atoms with Crippen LogP contribution in [0.3, 0.4) is 0 Å². The summed E-state index contributed by atoms with van der Waals surface area (Å²) in [5.41, 5.74) is -0.344. The quantitative estimate of drug-likeness (QED) is 0.857. The first-order chi connectivity index (χ1) is 10.5. The fourth-order valence-corrected chi connectivity index (χ4v) is 2.41. The summed E-state index contributed by atoms with van der Waals surface area (Å²) < 4.78 is 19.0. The molecule has 0 spiro atoms. The third-order valence-electron chi connectivity index (χ3n) is 2.77. The van der Waals surface area contributed by atoms with Gasteiger partial charge in [-0.1, -0.05) is 15.9 Å². The molecule has 23 heavy (non-hydrogen) atoms. The first-order valence-corrected chi connectivity index (χ1v) is 7.98. The van der Waals surface area contributed by atoms with E-state index < -0.39 is 17.5 Å². The van der Waals surface area contributed by atoms with Gasteiger partial charge in [-0.15, -0.1) is 0 Å². The van der Waals surface area contributed by atoms with E-state index in [4.69, 9.17) is 4.74 Å². The predicted octanol–water partition coefficient (Wildman–Crippen LogP) is 3.57. The van der Waals surface area contributed by atoms with Gasteiger partial charge in [-0.05, 0) is 45.9 Å². The Balaban J connectivity index is 2.62. The molecule has 1 N–H and O–H groups in total. The average molecular weight is 389 g/mol. The number of rotatable bonds is 4. The number of hydrogen-bond acceptors (Lipinski definition) is 3. The standard InChI is InChI=1S/C16H22BrFN2O3/c1-10(19-15(22)23-16(2,3)4)9-20(5)14(21)11-6-12(17)8-13(18)7-11/h6-8,10H,9H2,1-5H3,(H,19,22). The van der Waals surface area contributed by atoms with Gasteiger partial charge in [0.05, 0.1) is 0 Å². The molecule has 0 aliphatic rings. The number of halogens is 2. The summed E-state index contributed by atoms with van der Waals surface area (Å²) in [4.78, 5) is 25.4. The number of amides is 2. The van der Waals surface area contributed by atoms with E-state index in [0.717, 1.165) is 0 Å². The lowest BCUT2D eigenvalue weighted by atomic mass is 10.2. The van der Waals surface area contributed by atoms with Gasteiger partial charge in [-0.2, -0.15) is 0 Å². The summed E-state index contributed by atoms with van der Waals surface area (Å²) in [5, 5.41) is 2.66. The zero-order valence-electron chi connectivity index (χ0n) is 13.9. The summed E-state index contributed by atoms with van der Waals surface area (Å²) in [6.45, 7) is 7.35. The van der Waals surface area contributed by atoms with Crippen molar-refractivity contribution < 1.29 is 18.7 Å². The highest BCUT2D eigenvalue weighted by Gasteiger charge is 2.20. The average Bonchev–Trinajstić information content (AvgIpc) is 2.33. The Bertz CT molecular complexity index is 567. The maximum Gasteiger partial charge on any atom is 0.407 e. The zero-order valence-corrected chi connectivity index (χ0v) is 15.5. The number of carbonyl (C=O) groups is 2. The van der Waals surface area contributed by atoms with Gasteiger partial charge in [0.1, 0.15) is 11.4 Å². The summed E-state index contributed by atoms with van der Waals surface area (Å²) in [5.74, 6) is -0.820. The summed E-state index contributed by atoms with van der Waals surface area (Å²) in [6.07, 6.45) is -0.542. The topological polar surface area (TPSA) is 58.6 Å². The molecular weight excluding hydrogens is 367 g/mol. The second-order valence-electron chi connectivity index (χ2n) is 6.39. The summed E-state index contributed by atoms with van der Waals surface area (Å²) in [6, 6.07) is 3.70. The number of ether oxygens (including phenoxy) is 1. The minimum absolute atomic E-state index is 0.240. The summed E-state index contributed by atoms with van der Waals surface area (Å²) in [7, 11) is 1.59. The van der Waals surface area contributed by atoms with Crippen molar-refractivity contribution in [3.05, 3.63) is 34.1 Å². The molecule has 1 rings (SSSR count). The van der Waals surface area contributed by atoms with Gasteiger partial charge in [-0.25, -0.2) is 9.18 Å². The lowest BCUT2D eigenvalue weighted by molar-refractivity contribution is 0.0491. The predicted molar refractivity (Wildman–Crippen MR) is 89.9 cm³/mol. The van der Waals surface area contributed by atoms with E-state index in [1.165, 1.54) is 17.0 Å². The molecule has 128 valence electrons. The van der Waals surface area contributed by atoms with Crippen molar-refractivity contribution in [3.63, 3.8) is 0 Å².